The third kappa shape index (κ3) is 6.59. The first kappa shape index (κ1) is 16.0. The van der Waals surface area contributed by atoms with Gasteiger partial charge in [0.15, 0.2) is 0 Å². The molecule has 19 heavy (non-hydrogen) atoms. The molecule has 0 atom stereocenters. The van der Waals surface area contributed by atoms with Gasteiger partial charge in [-0.15, -0.1) is 0 Å². The number of benzene rings is 1. The Morgan fingerprint density at radius 2 is 2.05 bits per heavy atom. The summed E-state index contributed by atoms with van der Waals surface area (Å²) in [5.41, 5.74) is 1.17. The van der Waals surface area contributed by atoms with Crippen molar-refractivity contribution in [3.8, 4) is 5.75 Å². The van der Waals surface area contributed by atoms with Gasteiger partial charge in [0.05, 0.1) is 12.4 Å². The molecular formula is C14H23NO3S. The Balaban J connectivity index is 2.37. The lowest BCUT2D eigenvalue weighted by Gasteiger charge is -2.08. The maximum atomic E-state index is 11.3. The van der Waals surface area contributed by atoms with Gasteiger partial charge in [0.25, 0.3) is 0 Å². The molecule has 0 heterocycles. The van der Waals surface area contributed by atoms with E-state index in [1.54, 1.807) is 6.92 Å². The molecule has 0 aliphatic rings. The molecule has 4 nitrogen and oxygen atoms in total. The molecule has 0 saturated heterocycles. The van der Waals surface area contributed by atoms with Crippen LogP contribution in [-0.4, -0.2) is 33.1 Å². The molecule has 1 aromatic carbocycles. The monoisotopic (exact) mass is 285 g/mol. The number of hydrogen-bond acceptors (Lipinski definition) is 4. The Morgan fingerprint density at radius 1 is 1.26 bits per heavy atom. The predicted octanol–water partition coefficient (Wildman–Crippen LogP) is 2.00. The van der Waals surface area contributed by atoms with Crippen LogP contribution >= 0.6 is 0 Å². The minimum Gasteiger partial charge on any atom is -0.494 e. The topological polar surface area (TPSA) is 55.4 Å². The SMILES string of the molecule is CCNCc1cccc(OCCCS(=O)(=O)CC)c1. The van der Waals surface area contributed by atoms with E-state index in [0.29, 0.717) is 13.0 Å². The van der Waals surface area contributed by atoms with E-state index in [4.69, 9.17) is 4.74 Å². The highest BCUT2D eigenvalue weighted by Crippen LogP contribution is 2.13. The van der Waals surface area contributed by atoms with E-state index in [2.05, 4.69) is 12.2 Å². The van der Waals surface area contributed by atoms with Crippen LogP contribution in [-0.2, 0) is 16.4 Å². The van der Waals surface area contributed by atoms with Crippen molar-refractivity contribution in [2.24, 2.45) is 0 Å². The normalized spacial score (nSPS) is 11.5. The Hall–Kier alpha value is -1.07. The molecule has 0 unspecified atom stereocenters. The Morgan fingerprint density at radius 3 is 2.74 bits per heavy atom. The molecule has 0 radical (unpaired) electrons. The third-order valence-corrected chi connectivity index (χ3v) is 4.58. The van der Waals surface area contributed by atoms with Crippen molar-refractivity contribution in [2.45, 2.75) is 26.8 Å². The Labute approximate surface area is 116 Å². The van der Waals surface area contributed by atoms with Crippen LogP contribution in [0.5, 0.6) is 5.75 Å². The molecular weight excluding hydrogens is 262 g/mol. The summed E-state index contributed by atoms with van der Waals surface area (Å²) in [4.78, 5) is 0. The maximum Gasteiger partial charge on any atom is 0.150 e. The average Bonchev–Trinajstić information content (AvgIpc) is 2.42. The first-order valence-corrected chi connectivity index (χ1v) is 8.52. The van der Waals surface area contributed by atoms with Crippen molar-refractivity contribution in [2.75, 3.05) is 24.7 Å². The van der Waals surface area contributed by atoms with Crippen LogP contribution in [0.4, 0.5) is 0 Å². The summed E-state index contributed by atoms with van der Waals surface area (Å²) in [6, 6.07) is 7.86. The third-order valence-electron chi connectivity index (χ3n) is 2.79. The van der Waals surface area contributed by atoms with Gasteiger partial charge in [-0.05, 0) is 30.7 Å². The van der Waals surface area contributed by atoms with Gasteiger partial charge < -0.3 is 10.1 Å². The maximum absolute atomic E-state index is 11.3. The van der Waals surface area contributed by atoms with Crippen LogP contribution in [0.3, 0.4) is 0 Å². The number of sulfone groups is 1. The molecule has 0 aromatic heterocycles. The molecule has 0 fully saturated rings. The Bertz CT molecular complexity index is 471. The van der Waals surface area contributed by atoms with Gasteiger partial charge in [0.2, 0.25) is 0 Å². The predicted molar refractivity (Wildman–Crippen MR) is 78.3 cm³/mol. The van der Waals surface area contributed by atoms with Crippen LogP contribution in [0.1, 0.15) is 25.8 Å². The van der Waals surface area contributed by atoms with Crippen LogP contribution in [0, 0.1) is 0 Å². The van der Waals surface area contributed by atoms with E-state index < -0.39 is 9.84 Å². The molecule has 5 heteroatoms. The highest BCUT2D eigenvalue weighted by molar-refractivity contribution is 7.91. The van der Waals surface area contributed by atoms with E-state index >= 15 is 0 Å². The lowest BCUT2D eigenvalue weighted by atomic mass is 10.2. The molecule has 108 valence electrons. The Kier molecular flexibility index (Phi) is 6.87. The fourth-order valence-corrected chi connectivity index (χ4v) is 2.47. The summed E-state index contributed by atoms with van der Waals surface area (Å²) in [7, 11) is -2.88. The molecule has 0 bridgehead atoms. The first-order valence-electron chi connectivity index (χ1n) is 6.70. The summed E-state index contributed by atoms with van der Waals surface area (Å²) in [6.45, 7) is 5.91. The van der Waals surface area contributed by atoms with Gasteiger partial charge in [0.1, 0.15) is 15.6 Å². The number of rotatable bonds is 9. The van der Waals surface area contributed by atoms with Crippen molar-refractivity contribution >= 4 is 9.84 Å². The zero-order chi connectivity index (χ0) is 14.1. The van der Waals surface area contributed by atoms with Gasteiger partial charge in [-0.1, -0.05) is 26.0 Å². The van der Waals surface area contributed by atoms with Crippen molar-refractivity contribution in [1.29, 1.82) is 0 Å². The van der Waals surface area contributed by atoms with Gasteiger partial charge in [-0.25, -0.2) is 8.42 Å². The van der Waals surface area contributed by atoms with Crippen LogP contribution < -0.4 is 10.1 Å². The molecule has 0 aliphatic carbocycles. The minimum absolute atomic E-state index is 0.195. The van der Waals surface area contributed by atoms with Gasteiger partial charge in [-0.2, -0.15) is 0 Å². The van der Waals surface area contributed by atoms with Crippen molar-refractivity contribution in [3.05, 3.63) is 29.8 Å². The van der Waals surface area contributed by atoms with E-state index in [0.717, 1.165) is 18.8 Å². The molecule has 0 aliphatic heterocycles. The summed E-state index contributed by atoms with van der Waals surface area (Å²) < 4.78 is 28.2. The first-order chi connectivity index (χ1) is 9.07. The van der Waals surface area contributed by atoms with E-state index in [1.807, 2.05) is 24.3 Å². The average molecular weight is 285 g/mol. The fraction of sp³-hybridized carbons (Fsp3) is 0.571. The second-order valence-corrected chi connectivity index (χ2v) is 6.84. The smallest absolute Gasteiger partial charge is 0.150 e. The van der Waals surface area contributed by atoms with Gasteiger partial charge in [0, 0.05) is 12.3 Å². The summed E-state index contributed by atoms with van der Waals surface area (Å²) in [6.07, 6.45) is 0.535. The highest BCUT2D eigenvalue weighted by Gasteiger charge is 2.06. The lowest BCUT2D eigenvalue weighted by molar-refractivity contribution is 0.317. The molecule has 0 spiro atoms. The number of hydrogen-bond donors (Lipinski definition) is 1. The number of nitrogens with one attached hydrogen (secondary N) is 1. The van der Waals surface area contributed by atoms with Crippen molar-refractivity contribution < 1.29 is 13.2 Å². The summed E-state index contributed by atoms with van der Waals surface area (Å²) in [5.74, 6) is 1.19. The summed E-state index contributed by atoms with van der Waals surface area (Å²) >= 11 is 0. The molecule has 0 amide bonds. The minimum atomic E-state index is -2.88. The van der Waals surface area contributed by atoms with Crippen LogP contribution in [0.15, 0.2) is 24.3 Å². The van der Waals surface area contributed by atoms with Gasteiger partial charge >= 0.3 is 0 Å². The van der Waals surface area contributed by atoms with E-state index in [1.165, 1.54) is 5.56 Å². The summed E-state index contributed by atoms with van der Waals surface area (Å²) in [5, 5.41) is 3.25. The van der Waals surface area contributed by atoms with E-state index in [-0.39, 0.29) is 11.5 Å². The van der Waals surface area contributed by atoms with Crippen molar-refractivity contribution in [1.82, 2.24) is 5.32 Å². The number of ether oxygens (including phenoxy) is 1. The fourth-order valence-electron chi connectivity index (χ4n) is 1.63. The van der Waals surface area contributed by atoms with E-state index in [9.17, 15) is 8.42 Å². The molecule has 0 saturated carbocycles. The zero-order valence-corrected chi connectivity index (χ0v) is 12.5. The molecule has 1 rings (SSSR count). The second kappa shape index (κ2) is 8.17. The second-order valence-electron chi connectivity index (χ2n) is 4.37. The largest absolute Gasteiger partial charge is 0.494 e. The zero-order valence-electron chi connectivity index (χ0n) is 11.7. The van der Waals surface area contributed by atoms with Crippen molar-refractivity contribution in [3.63, 3.8) is 0 Å². The quantitative estimate of drug-likeness (QED) is 0.705. The van der Waals surface area contributed by atoms with Crippen LogP contribution in [0.2, 0.25) is 0 Å². The van der Waals surface area contributed by atoms with Crippen LogP contribution in [0.25, 0.3) is 0 Å². The van der Waals surface area contributed by atoms with Gasteiger partial charge in [-0.3, -0.25) is 0 Å². The lowest BCUT2D eigenvalue weighted by Crippen LogP contribution is -2.12. The standard InChI is InChI=1S/C14H23NO3S/c1-3-15-12-13-7-5-8-14(11-13)18-9-6-10-19(16,17)4-2/h5,7-8,11,15H,3-4,6,9-10,12H2,1-2H3. The highest BCUT2D eigenvalue weighted by atomic mass is 32.2. The molecule has 1 aromatic rings. The molecule has 1 N–H and O–H groups in total.